The van der Waals surface area contributed by atoms with Gasteiger partial charge in [0.1, 0.15) is 5.75 Å². The van der Waals surface area contributed by atoms with Crippen LogP contribution in [-0.2, 0) is 0 Å². The maximum atomic E-state index is 11.3. The summed E-state index contributed by atoms with van der Waals surface area (Å²) in [5, 5.41) is 0. The van der Waals surface area contributed by atoms with Crippen molar-refractivity contribution in [2.75, 3.05) is 5.73 Å². The van der Waals surface area contributed by atoms with E-state index in [-0.39, 0.29) is 5.88 Å². The normalized spacial score (nSPS) is 10.1. The van der Waals surface area contributed by atoms with Crippen LogP contribution in [0, 0.1) is 6.92 Å². The van der Waals surface area contributed by atoms with Crippen LogP contribution in [0.2, 0.25) is 0 Å². The van der Waals surface area contributed by atoms with Crippen LogP contribution < -0.4 is 16.2 Å². The number of aromatic nitrogens is 1. The number of carbonyl (C=O) groups is 1. The lowest BCUT2D eigenvalue weighted by Crippen LogP contribution is -2.12. The Balaban J connectivity index is 2.40. The van der Waals surface area contributed by atoms with Gasteiger partial charge in [-0.3, -0.25) is 4.79 Å². The predicted octanol–water partition coefficient (Wildman–Crippen LogP) is 1.86. The molecule has 2 rings (SSSR count). The van der Waals surface area contributed by atoms with Gasteiger partial charge in [0.25, 0.3) is 5.91 Å². The van der Waals surface area contributed by atoms with E-state index in [0.29, 0.717) is 17.0 Å². The minimum Gasteiger partial charge on any atom is -0.436 e. The summed E-state index contributed by atoms with van der Waals surface area (Å²) in [5.41, 5.74) is 12.5. The fraction of sp³-hybridized carbons (Fsp3) is 0.0769. The van der Waals surface area contributed by atoms with Crippen LogP contribution in [0.4, 0.5) is 5.69 Å². The van der Waals surface area contributed by atoms with Gasteiger partial charge in [0, 0.05) is 5.69 Å². The highest BCUT2D eigenvalue weighted by Crippen LogP contribution is 2.27. The zero-order valence-electron chi connectivity index (χ0n) is 9.88. The molecule has 0 radical (unpaired) electrons. The van der Waals surface area contributed by atoms with Gasteiger partial charge in [-0.1, -0.05) is 12.1 Å². The van der Waals surface area contributed by atoms with Gasteiger partial charge in [-0.15, -0.1) is 0 Å². The molecule has 1 aromatic heterocycles. The Morgan fingerprint density at radius 3 is 2.67 bits per heavy atom. The van der Waals surface area contributed by atoms with Crippen molar-refractivity contribution in [2.24, 2.45) is 5.73 Å². The van der Waals surface area contributed by atoms with Crippen molar-refractivity contribution in [3.05, 3.63) is 47.7 Å². The van der Waals surface area contributed by atoms with Gasteiger partial charge in [0.2, 0.25) is 5.88 Å². The van der Waals surface area contributed by atoms with Crippen molar-refractivity contribution in [1.82, 2.24) is 4.98 Å². The third kappa shape index (κ3) is 2.40. The van der Waals surface area contributed by atoms with E-state index in [1.165, 1.54) is 0 Å². The second-order valence-corrected chi connectivity index (χ2v) is 3.81. The SMILES string of the molecule is Cc1ccc(N)c(Oc2ccccc2C(N)=O)n1. The van der Waals surface area contributed by atoms with Gasteiger partial charge in [0.05, 0.1) is 11.3 Å². The van der Waals surface area contributed by atoms with E-state index in [1.54, 1.807) is 36.4 Å². The molecule has 1 heterocycles. The molecule has 0 atom stereocenters. The highest BCUT2D eigenvalue weighted by Gasteiger charge is 2.11. The lowest BCUT2D eigenvalue weighted by Gasteiger charge is -2.10. The maximum absolute atomic E-state index is 11.3. The number of pyridine rings is 1. The molecule has 18 heavy (non-hydrogen) atoms. The van der Waals surface area contributed by atoms with E-state index >= 15 is 0 Å². The Kier molecular flexibility index (Phi) is 3.14. The Morgan fingerprint density at radius 1 is 1.22 bits per heavy atom. The average Bonchev–Trinajstić information content (AvgIpc) is 2.34. The second kappa shape index (κ2) is 4.75. The summed E-state index contributed by atoms with van der Waals surface area (Å²) in [6, 6.07) is 10.2. The van der Waals surface area contributed by atoms with E-state index in [9.17, 15) is 4.79 Å². The number of amides is 1. The number of nitrogen functional groups attached to an aromatic ring is 1. The first kappa shape index (κ1) is 11.9. The van der Waals surface area contributed by atoms with Crippen molar-refractivity contribution in [3.8, 4) is 11.6 Å². The number of primary amides is 1. The molecule has 0 spiro atoms. The van der Waals surface area contributed by atoms with Crippen LogP contribution in [0.5, 0.6) is 11.6 Å². The summed E-state index contributed by atoms with van der Waals surface area (Å²) in [4.78, 5) is 15.4. The molecule has 0 aliphatic heterocycles. The lowest BCUT2D eigenvalue weighted by atomic mass is 10.2. The summed E-state index contributed by atoms with van der Waals surface area (Å²) >= 11 is 0. The number of aryl methyl sites for hydroxylation is 1. The topological polar surface area (TPSA) is 91.2 Å². The Bertz CT molecular complexity index is 597. The highest BCUT2D eigenvalue weighted by atomic mass is 16.5. The number of ether oxygens (including phenoxy) is 1. The van der Waals surface area contributed by atoms with Crippen molar-refractivity contribution in [1.29, 1.82) is 0 Å². The summed E-state index contributed by atoms with van der Waals surface area (Å²) in [6.07, 6.45) is 0. The highest BCUT2D eigenvalue weighted by molar-refractivity contribution is 5.95. The number of hydrogen-bond acceptors (Lipinski definition) is 4. The molecule has 92 valence electrons. The van der Waals surface area contributed by atoms with Crippen LogP contribution in [0.15, 0.2) is 36.4 Å². The molecule has 5 nitrogen and oxygen atoms in total. The van der Waals surface area contributed by atoms with Gasteiger partial charge in [-0.05, 0) is 31.2 Å². The largest absolute Gasteiger partial charge is 0.436 e. The first-order valence-corrected chi connectivity index (χ1v) is 5.37. The minimum atomic E-state index is -0.558. The molecule has 4 N–H and O–H groups in total. The number of carbonyl (C=O) groups excluding carboxylic acids is 1. The number of nitrogens with two attached hydrogens (primary N) is 2. The molecule has 0 fully saturated rings. The van der Waals surface area contributed by atoms with E-state index in [0.717, 1.165) is 5.69 Å². The predicted molar refractivity (Wildman–Crippen MR) is 68.4 cm³/mol. The molecule has 0 saturated carbocycles. The average molecular weight is 243 g/mol. The van der Waals surface area contributed by atoms with Crippen LogP contribution in [0.25, 0.3) is 0 Å². The first-order valence-electron chi connectivity index (χ1n) is 5.37. The van der Waals surface area contributed by atoms with Crippen LogP contribution in [0.3, 0.4) is 0 Å². The number of para-hydroxylation sites is 1. The molecule has 0 aliphatic carbocycles. The number of benzene rings is 1. The van der Waals surface area contributed by atoms with Crippen molar-refractivity contribution >= 4 is 11.6 Å². The minimum absolute atomic E-state index is 0.267. The van der Waals surface area contributed by atoms with Crippen molar-refractivity contribution in [2.45, 2.75) is 6.92 Å². The number of nitrogens with zero attached hydrogens (tertiary/aromatic N) is 1. The molecule has 0 bridgehead atoms. The molecule has 0 aliphatic rings. The van der Waals surface area contributed by atoms with E-state index in [4.69, 9.17) is 16.2 Å². The second-order valence-electron chi connectivity index (χ2n) is 3.81. The molecule has 0 unspecified atom stereocenters. The molecule has 1 aromatic carbocycles. The monoisotopic (exact) mass is 243 g/mol. The summed E-state index contributed by atoms with van der Waals surface area (Å²) in [5.74, 6) is 0.0512. The van der Waals surface area contributed by atoms with Crippen LogP contribution in [0.1, 0.15) is 16.1 Å². The number of hydrogen-bond donors (Lipinski definition) is 2. The Morgan fingerprint density at radius 2 is 1.94 bits per heavy atom. The molecular weight excluding hydrogens is 230 g/mol. The quantitative estimate of drug-likeness (QED) is 0.860. The lowest BCUT2D eigenvalue weighted by molar-refractivity contribution is 0.0998. The van der Waals surface area contributed by atoms with Crippen LogP contribution in [-0.4, -0.2) is 10.9 Å². The van der Waals surface area contributed by atoms with Crippen LogP contribution >= 0.6 is 0 Å². The van der Waals surface area contributed by atoms with Gasteiger partial charge in [0.15, 0.2) is 0 Å². The molecule has 2 aromatic rings. The Labute approximate surface area is 104 Å². The number of anilines is 1. The van der Waals surface area contributed by atoms with Crippen molar-refractivity contribution < 1.29 is 9.53 Å². The summed E-state index contributed by atoms with van der Waals surface area (Å²) in [7, 11) is 0. The smallest absolute Gasteiger partial charge is 0.252 e. The Hall–Kier alpha value is -2.56. The summed E-state index contributed by atoms with van der Waals surface area (Å²) in [6.45, 7) is 1.83. The molecule has 1 amide bonds. The van der Waals surface area contributed by atoms with Gasteiger partial charge in [-0.25, -0.2) is 4.98 Å². The van der Waals surface area contributed by atoms with Gasteiger partial charge >= 0.3 is 0 Å². The fourth-order valence-corrected chi connectivity index (χ4v) is 1.49. The first-order chi connectivity index (χ1) is 8.58. The third-order valence-electron chi connectivity index (χ3n) is 2.39. The molecule has 0 saturated heterocycles. The van der Waals surface area contributed by atoms with Crippen molar-refractivity contribution in [3.63, 3.8) is 0 Å². The fourth-order valence-electron chi connectivity index (χ4n) is 1.49. The van der Waals surface area contributed by atoms with Gasteiger partial charge < -0.3 is 16.2 Å². The van der Waals surface area contributed by atoms with E-state index in [2.05, 4.69) is 4.98 Å². The van der Waals surface area contributed by atoms with E-state index < -0.39 is 5.91 Å². The van der Waals surface area contributed by atoms with E-state index in [1.807, 2.05) is 6.92 Å². The third-order valence-corrected chi connectivity index (χ3v) is 2.39. The number of rotatable bonds is 3. The standard InChI is InChI=1S/C13H13N3O2/c1-8-6-7-10(14)13(16-8)18-11-5-3-2-4-9(11)12(15)17/h2-7H,14H2,1H3,(H2,15,17). The summed E-state index contributed by atoms with van der Waals surface area (Å²) < 4.78 is 5.55. The zero-order valence-corrected chi connectivity index (χ0v) is 9.88. The zero-order chi connectivity index (χ0) is 13.1. The van der Waals surface area contributed by atoms with Gasteiger partial charge in [-0.2, -0.15) is 0 Å². The molecular formula is C13H13N3O2. The molecule has 5 heteroatoms. The maximum Gasteiger partial charge on any atom is 0.252 e.